The highest BCUT2D eigenvalue weighted by atomic mass is 16.5. The number of hydrogen-bond acceptors (Lipinski definition) is 3. The first-order chi connectivity index (χ1) is 7.81. The number of benzene rings is 1. The lowest BCUT2D eigenvalue weighted by Crippen LogP contribution is -2.29. The minimum Gasteiger partial charge on any atom is -0.468 e. The van der Waals surface area contributed by atoms with Gasteiger partial charge in [0.1, 0.15) is 5.41 Å². The average molecular weight is 218 g/mol. The van der Waals surface area contributed by atoms with Crippen molar-refractivity contribution in [2.45, 2.75) is 17.9 Å². The molecule has 3 nitrogen and oxygen atoms in total. The molecule has 3 atom stereocenters. The summed E-state index contributed by atoms with van der Waals surface area (Å²) in [5.41, 5.74) is 0.505. The van der Waals surface area contributed by atoms with Crippen molar-refractivity contribution < 1.29 is 14.3 Å². The highest BCUT2D eigenvalue weighted by molar-refractivity contribution is 5.89. The lowest BCUT2D eigenvalue weighted by atomic mass is 9.91. The Balaban J connectivity index is 2.03. The van der Waals surface area contributed by atoms with E-state index in [2.05, 4.69) is 0 Å². The fourth-order valence-electron chi connectivity index (χ4n) is 3.02. The van der Waals surface area contributed by atoms with Crippen molar-refractivity contribution in [3.05, 3.63) is 35.9 Å². The highest BCUT2D eigenvalue weighted by Crippen LogP contribution is 2.61. The molecular weight excluding hydrogens is 204 g/mol. The van der Waals surface area contributed by atoms with Crippen molar-refractivity contribution in [3.8, 4) is 0 Å². The zero-order valence-electron chi connectivity index (χ0n) is 9.18. The van der Waals surface area contributed by atoms with Crippen LogP contribution in [-0.2, 0) is 19.7 Å². The van der Waals surface area contributed by atoms with Crippen LogP contribution in [0.15, 0.2) is 30.3 Å². The van der Waals surface area contributed by atoms with Crippen molar-refractivity contribution >= 4 is 5.97 Å². The zero-order chi connectivity index (χ0) is 11.2. The van der Waals surface area contributed by atoms with Crippen LogP contribution in [0.5, 0.6) is 0 Å². The summed E-state index contributed by atoms with van der Waals surface area (Å²) in [4.78, 5) is 12.0. The van der Waals surface area contributed by atoms with Gasteiger partial charge < -0.3 is 9.47 Å². The Morgan fingerprint density at radius 1 is 1.44 bits per heavy atom. The second-order valence-corrected chi connectivity index (χ2v) is 4.41. The monoisotopic (exact) mass is 218 g/mol. The molecule has 0 bridgehead atoms. The van der Waals surface area contributed by atoms with E-state index in [9.17, 15) is 4.79 Å². The van der Waals surface area contributed by atoms with E-state index in [-0.39, 0.29) is 12.1 Å². The number of methoxy groups -OCH3 is 1. The summed E-state index contributed by atoms with van der Waals surface area (Å²) in [6.45, 7) is 0.765. The maximum absolute atomic E-state index is 12.0. The minimum atomic E-state index is -0.520. The van der Waals surface area contributed by atoms with Crippen LogP contribution in [-0.4, -0.2) is 25.8 Å². The van der Waals surface area contributed by atoms with E-state index in [1.807, 2.05) is 30.3 Å². The summed E-state index contributed by atoms with van der Waals surface area (Å²) in [6.07, 6.45) is 0.983. The molecule has 1 saturated carbocycles. The molecule has 2 fully saturated rings. The summed E-state index contributed by atoms with van der Waals surface area (Å²) in [7, 11) is 1.45. The van der Waals surface area contributed by atoms with Gasteiger partial charge in [0.25, 0.3) is 0 Å². The molecule has 1 saturated heterocycles. The Morgan fingerprint density at radius 3 is 2.75 bits per heavy atom. The standard InChI is InChI=1S/C13H14O3/c1-15-12(14)13(9-5-3-2-4-6-9)10-7-8-16-11(10)13/h2-6,10-11H,7-8H2,1H3/t10-,11+,13-/m0/s1. The second-order valence-electron chi connectivity index (χ2n) is 4.41. The van der Waals surface area contributed by atoms with Crippen molar-refractivity contribution in [3.63, 3.8) is 0 Å². The SMILES string of the molecule is COC(=O)[C@]1(c2ccccc2)[C@@H]2OCC[C@@H]21. The highest BCUT2D eigenvalue weighted by Gasteiger charge is 2.74. The third-order valence-electron chi connectivity index (χ3n) is 3.79. The molecule has 0 aromatic heterocycles. The number of carbonyl (C=O) groups is 1. The van der Waals surface area contributed by atoms with E-state index in [1.165, 1.54) is 7.11 Å². The Bertz CT molecular complexity index is 402. The minimum absolute atomic E-state index is 0.0300. The van der Waals surface area contributed by atoms with Gasteiger partial charge in [-0.3, -0.25) is 4.79 Å². The lowest BCUT2D eigenvalue weighted by Gasteiger charge is -2.18. The summed E-state index contributed by atoms with van der Waals surface area (Å²) < 4.78 is 10.6. The van der Waals surface area contributed by atoms with Crippen LogP contribution in [0.1, 0.15) is 12.0 Å². The van der Waals surface area contributed by atoms with Gasteiger partial charge in [0.15, 0.2) is 0 Å². The maximum Gasteiger partial charge on any atom is 0.319 e. The van der Waals surface area contributed by atoms with Crippen molar-refractivity contribution in [2.75, 3.05) is 13.7 Å². The van der Waals surface area contributed by atoms with Gasteiger partial charge in [-0.1, -0.05) is 30.3 Å². The predicted octanol–water partition coefficient (Wildman–Crippen LogP) is 1.52. The molecule has 16 heavy (non-hydrogen) atoms. The van der Waals surface area contributed by atoms with Crippen molar-refractivity contribution in [2.24, 2.45) is 5.92 Å². The molecule has 0 radical (unpaired) electrons. The van der Waals surface area contributed by atoms with Crippen molar-refractivity contribution in [1.82, 2.24) is 0 Å². The number of esters is 1. The number of carbonyl (C=O) groups excluding carboxylic acids is 1. The van der Waals surface area contributed by atoms with Crippen molar-refractivity contribution in [1.29, 1.82) is 0 Å². The number of rotatable bonds is 2. The van der Waals surface area contributed by atoms with Gasteiger partial charge in [-0.25, -0.2) is 0 Å². The topological polar surface area (TPSA) is 35.5 Å². The van der Waals surface area contributed by atoms with E-state index in [0.717, 1.165) is 18.6 Å². The molecular formula is C13H14O3. The fourth-order valence-corrected chi connectivity index (χ4v) is 3.02. The summed E-state index contributed by atoms with van der Waals surface area (Å²) in [6, 6.07) is 9.83. The van der Waals surface area contributed by atoms with Gasteiger partial charge >= 0.3 is 5.97 Å². The largest absolute Gasteiger partial charge is 0.468 e. The van der Waals surface area contributed by atoms with Crippen LogP contribution in [0.4, 0.5) is 0 Å². The molecule has 1 heterocycles. The average Bonchev–Trinajstić information content (AvgIpc) is 2.72. The smallest absolute Gasteiger partial charge is 0.319 e. The van der Waals surface area contributed by atoms with Gasteiger partial charge in [-0.05, 0) is 12.0 Å². The Labute approximate surface area is 94.4 Å². The quantitative estimate of drug-likeness (QED) is 0.706. The molecule has 0 unspecified atom stereocenters. The maximum atomic E-state index is 12.0. The van der Waals surface area contributed by atoms with E-state index in [4.69, 9.17) is 9.47 Å². The van der Waals surface area contributed by atoms with Crippen LogP contribution in [0.25, 0.3) is 0 Å². The van der Waals surface area contributed by atoms with Crippen LogP contribution < -0.4 is 0 Å². The van der Waals surface area contributed by atoms with Gasteiger partial charge in [0.2, 0.25) is 0 Å². The summed E-state index contributed by atoms with van der Waals surface area (Å²) >= 11 is 0. The predicted molar refractivity (Wildman–Crippen MR) is 58.0 cm³/mol. The van der Waals surface area contributed by atoms with Gasteiger partial charge in [-0.2, -0.15) is 0 Å². The molecule has 1 aromatic rings. The molecule has 0 amide bonds. The molecule has 3 heteroatoms. The van der Waals surface area contributed by atoms with Gasteiger partial charge in [-0.15, -0.1) is 0 Å². The molecule has 1 aliphatic carbocycles. The lowest BCUT2D eigenvalue weighted by molar-refractivity contribution is -0.146. The second kappa shape index (κ2) is 3.32. The molecule has 0 spiro atoms. The summed E-state index contributed by atoms with van der Waals surface area (Å²) in [5, 5.41) is 0. The van der Waals surface area contributed by atoms with Crippen LogP contribution >= 0.6 is 0 Å². The summed E-state index contributed by atoms with van der Waals surface area (Å²) in [5.74, 6) is 0.149. The van der Waals surface area contributed by atoms with Crippen LogP contribution in [0.3, 0.4) is 0 Å². The molecule has 1 aliphatic heterocycles. The molecule has 2 aliphatic rings. The molecule has 84 valence electrons. The first-order valence-electron chi connectivity index (χ1n) is 5.57. The fraction of sp³-hybridized carbons (Fsp3) is 0.462. The first-order valence-corrected chi connectivity index (χ1v) is 5.57. The number of fused-ring (bicyclic) bond motifs is 1. The van der Waals surface area contributed by atoms with Crippen LogP contribution in [0, 0.1) is 5.92 Å². The molecule has 3 rings (SSSR count). The Morgan fingerprint density at radius 2 is 2.19 bits per heavy atom. The third-order valence-corrected chi connectivity index (χ3v) is 3.79. The first kappa shape index (κ1) is 9.85. The Kier molecular flexibility index (Phi) is 2.04. The number of ether oxygens (including phenoxy) is 2. The normalized spacial score (nSPS) is 35.6. The van der Waals surface area contributed by atoms with E-state index >= 15 is 0 Å². The van der Waals surface area contributed by atoms with E-state index < -0.39 is 5.41 Å². The van der Waals surface area contributed by atoms with Gasteiger partial charge in [0.05, 0.1) is 13.2 Å². The van der Waals surface area contributed by atoms with Gasteiger partial charge in [0, 0.05) is 12.5 Å². The van der Waals surface area contributed by atoms with Crippen LogP contribution in [0.2, 0.25) is 0 Å². The zero-order valence-corrected chi connectivity index (χ0v) is 9.18. The van der Waals surface area contributed by atoms with E-state index in [0.29, 0.717) is 5.92 Å². The third kappa shape index (κ3) is 1.04. The molecule has 0 N–H and O–H groups in total. The van der Waals surface area contributed by atoms with E-state index in [1.54, 1.807) is 0 Å². The number of hydrogen-bond donors (Lipinski definition) is 0. The molecule has 1 aromatic carbocycles. The Hall–Kier alpha value is -1.35.